The van der Waals surface area contributed by atoms with E-state index >= 15 is 0 Å². The third-order valence-corrected chi connectivity index (χ3v) is 3.67. The molecular formula is C14H14ClN3O. The highest BCUT2D eigenvalue weighted by atomic mass is 35.5. The van der Waals surface area contributed by atoms with E-state index in [1.165, 1.54) is 0 Å². The van der Waals surface area contributed by atoms with Gasteiger partial charge in [-0.15, -0.1) is 0 Å². The van der Waals surface area contributed by atoms with E-state index in [9.17, 15) is 4.79 Å². The molecule has 3 rings (SSSR count). The largest absolute Gasteiger partial charge is 0.397 e. The topological polar surface area (TPSA) is 51.3 Å². The molecule has 1 amide bonds. The Bertz CT molecular complexity index is 663. The van der Waals surface area contributed by atoms with Crippen LogP contribution in [0.5, 0.6) is 0 Å². The number of nitrogen functional groups attached to an aromatic ring is 1. The normalized spacial score (nSPS) is 13.7. The lowest BCUT2D eigenvalue weighted by molar-refractivity contribution is 0.0981. The number of para-hydroxylation sites is 1. The van der Waals surface area contributed by atoms with Crippen LogP contribution in [0, 0.1) is 0 Å². The van der Waals surface area contributed by atoms with E-state index in [4.69, 9.17) is 17.3 Å². The van der Waals surface area contributed by atoms with E-state index in [2.05, 4.69) is 0 Å². The van der Waals surface area contributed by atoms with E-state index < -0.39 is 0 Å². The Balaban J connectivity index is 2.02. The summed E-state index contributed by atoms with van der Waals surface area (Å²) in [6.45, 7) is 0.658. The van der Waals surface area contributed by atoms with Crippen molar-refractivity contribution in [2.24, 2.45) is 7.05 Å². The Hall–Kier alpha value is -1.94. The third kappa shape index (κ3) is 1.88. The van der Waals surface area contributed by atoms with Crippen molar-refractivity contribution in [2.45, 2.75) is 6.42 Å². The molecule has 0 bridgehead atoms. The summed E-state index contributed by atoms with van der Waals surface area (Å²) in [6.07, 6.45) is 2.56. The molecule has 0 fully saturated rings. The molecule has 1 aliphatic heterocycles. The van der Waals surface area contributed by atoms with Crippen LogP contribution in [0.3, 0.4) is 0 Å². The monoisotopic (exact) mass is 275 g/mol. The van der Waals surface area contributed by atoms with Crippen LogP contribution in [0.4, 0.5) is 11.4 Å². The maximum atomic E-state index is 12.6. The molecule has 19 heavy (non-hydrogen) atoms. The lowest BCUT2D eigenvalue weighted by Gasteiger charge is -2.19. The smallest absolute Gasteiger partial charge is 0.275 e. The van der Waals surface area contributed by atoms with Crippen molar-refractivity contribution in [1.29, 1.82) is 0 Å². The highest BCUT2D eigenvalue weighted by Gasteiger charge is 2.28. The Morgan fingerprint density at radius 1 is 1.42 bits per heavy atom. The fraction of sp³-hybridized carbons (Fsp3) is 0.214. The van der Waals surface area contributed by atoms with E-state index in [0.717, 1.165) is 17.7 Å². The van der Waals surface area contributed by atoms with Gasteiger partial charge in [-0.25, -0.2) is 0 Å². The number of rotatable bonds is 1. The van der Waals surface area contributed by atoms with Gasteiger partial charge in [0.25, 0.3) is 5.91 Å². The number of anilines is 2. The van der Waals surface area contributed by atoms with Crippen LogP contribution in [0.25, 0.3) is 0 Å². The molecule has 0 spiro atoms. The molecule has 0 saturated carbocycles. The quantitative estimate of drug-likeness (QED) is 0.813. The summed E-state index contributed by atoms with van der Waals surface area (Å²) >= 11 is 5.93. The van der Waals surface area contributed by atoms with Gasteiger partial charge in [0.05, 0.1) is 16.4 Å². The number of amides is 1. The lowest BCUT2D eigenvalue weighted by Crippen LogP contribution is -2.30. The van der Waals surface area contributed by atoms with Gasteiger partial charge in [0.15, 0.2) is 0 Å². The van der Waals surface area contributed by atoms with Crippen LogP contribution >= 0.6 is 11.6 Å². The minimum absolute atomic E-state index is 0.0638. The number of nitrogens with zero attached hydrogens (tertiary/aromatic N) is 2. The van der Waals surface area contributed by atoms with Gasteiger partial charge in [0.1, 0.15) is 5.69 Å². The predicted octanol–water partition coefficient (Wildman–Crippen LogP) is 2.46. The van der Waals surface area contributed by atoms with Crippen LogP contribution in [-0.2, 0) is 13.5 Å². The lowest BCUT2D eigenvalue weighted by atomic mass is 10.1. The van der Waals surface area contributed by atoms with E-state index in [1.54, 1.807) is 21.7 Å². The van der Waals surface area contributed by atoms with Gasteiger partial charge in [-0.3, -0.25) is 4.79 Å². The molecule has 0 aliphatic carbocycles. The molecule has 98 valence electrons. The van der Waals surface area contributed by atoms with Crippen molar-refractivity contribution < 1.29 is 4.79 Å². The Morgan fingerprint density at radius 3 is 2.89 bits per heavy atom. The summed E-state index contributed by atoms with van der Waals surface area (Å²) in [5.41, 5.74) is 9.16. The average Bonchev–Trinajstić information content (AvgIpc) is 2.93. The SMILES string of the molecule is Cn1cc(Cl)cc1C(=O)N1CCc2cccc(N)c21. The molecular weight excluding hydrogens is 262 g/mol. The van der Waals surface area contributed by atoms with Crippen molar-refractivity contribution in [3.8, 4) is 0 Å². The number of aryl methyl sites for hydroxylation is 1. The minimum atomic E-state index is -0.0638. The molecule has 0 unspecified atom stereocenters. The van der Waals surface area contributed by atoms with Gasteiger partial charge in [-0.1, -0.05) is 23.7 Å². The molecule has 2 aromatic rings. The first kappa shape index (κ1) is 12.1. The molecule has 0 radical (unpaired) electrons. The standard InChI is InChI=1S/C14H14ClN3O/c1-17-8-10(15)7-12(17)14(19)18-6-5-9-3-2-4-11(16)13(9)18/h2-4,7-8H,5-6,16H2,1H3. The summed E-state index contributed by atoms with van der Waals surface area (Å²) < 4.78 is 1.74. The highest BCUT2D eigenvalue weighted by molar-refractivity contribution is 6.31. The Labute approximate surface area is 116 Å². The van der Waals surface area contributed by atoms with Crippen molar-refractivity contribution in [3.63, 3.8) is 0 Å². The number of hydrogen-bond donors (Lipinski definition) is 1. The molecule has 4 nitrogen and oxygen atoms in total. The first-order valence-corrected chi connectivity index (χ1v) is 6.47. The van der Waals surface area contributed by atoms with Crippen LogP contribution < -0.4 is 10.6 Å². The summed E-state index contributed by atoms with van der Waals surface area (Å²) in [7, 11) is 1.81. The van der Waals surface area contributed by atoms with Gasteiger partial charge in [-0.05, 0) is 24.1 Å². The van der Waals surface area contributed by atoms with Crippen molar-refractivity contribution in [2.75, 3.05) is 17.2 Å². The van der Waals surface area contributed by atoms with E-state index in [1.807, 2.05) is 25.2 Å². The number of hydrogen-bond acceptors (Lipinski definition) is 2. The number of halogens is 1. The molecule has 1 aromatic carbocycles. The summed E-state index contributed by atoms with van der Waals surface area (Å²) in [5, 5.41) is 0.561. The maximum absolute atomic E-state index is 12.6. The molecule has 2 N–H and O–H groups in total. The van der Waals surface area contributed by atoms with Crippen molar-refractivity contribution in [1.82, 2.24) is 4.57 Å². The number of aromatic nitrogens is 1. The second-order valence-corrected chi connectivity index (χ2v) is 5.15. The van der Waals surface area contributed by atoms with Crippen LogP contribution in [-0.4, -0.2) is 17.0 Å². The first-order chi connectivity index (χ1) is 9.08. The molecule has 1 aliphatic rings. The summed E-state index contributed by atoms with van der Waals surface area (Å²) in [6, 6.07) is 7.43. The number of fused-ring (bicyclic) bond motifs is 1. The average molecular weight is 276 g/mol. The van der Waals surface area contributed by atoms with Crippen molar-refractivity contribution >= 4 is 28.9 Å². The van der Waals surface area contributed by atoms with Crippen molar-refractivity contribution in [3.05, 3.63) is 46.7 Å². The third-order valence-electron chi connectivity index (χ3n) is 3.46. The minimum Gasteiger partial charge on any atom is -0.397 e. The fourth-order valence-corrected chi connectivity index (χ4v) is 2.81. The van der Waals surface area contributed by atoms with Crippen LogP contribution in [0.1, 0.15) is 16.1 Å². The highest BCUT2D eigenvalue weighted by Crippen LogP contribution is 2.34. The number of carbonyl (C=O) groups excluding carboxylic acids is 1. The summed E-state index contributed by atoms with van der Waals surface area (Å²) in [4.78, 5) is 14.3. The van der Waals surface area contributed by atoms with Gasteiger partial charge >= 0.3 is 0 Å². The predicted molar refractivity (Wildman–Crippen MR) is 76.7 cm³/mol. The van der Waals surface area contributed by atoms with Gasteiger partial charge in [-0.2, -0.15) is 0 Å². The molecule has 2 heterocycles. The van der Waals surface area contributed by atoms with Crippen LogP contribution in [0.15, 0.2) is 30.5 Å². The van der Waals surface area contributed by atoms with Gasteiger partial charge < -0.3 is 15.2 Å². The second kappa shape index (κ2) is 4.31. The Kier molecular flexibility index (Phi) is 2.75. The van der Waals surface area contributed by atoms with E-state index in [0.29, 0.717) is 22.9 Å². The second-order valence-electron chi connectivity index (χ2n) is 4.72. The maximum Gasteiger partial charge on any atom is 0.275 e. The Morgan fingerprint density at radius 2 is 2.21 bits per heavy atom. The zero-order valence-electron chi connectivity index (χ0n) is 10.6. The molecule has 0 saturated heterocycles. The molecule has 5 heteroatoms. The number of nitrogens with two attached hydrogens (primary N) is 1. The summed E-state index contributed by atoms with van der Waals surface area (Å²) in [5.74, 6) is -0.0638. The first-order valence-electron chi connectivity index (χ1n) is 6.09. The zero-order chi connectivity index (χ0) is 13.6. The van der Waals surface area contributed by atoms with Gasteiger partial charge in [0.2, 0.25) is 0 Å². The van der Waals surface area contributed by atoms with E-state index in [-0.39, 0.29) is 5.91 Å². The molecule has 0 atom stereocenters. The van der Waals surface area contributed by atoms with Crippen LogP contribution in [0.2, 0.25) is 5.02 Å². The number of carbonyl (C=O) groups is 1. The van der Waals surface area contributed by atoms with Gasteiger partial charge in [0, 0.05) is 19.8 Å². The zero-order valence-corrected chi connectivity index (χ0v) is 11.3. The molecule has 1 aromatic heterocycles. The fourth-order valence-electron chi connectivity index (χ4n) is 2.56. The number of benzene rings is 1.